The van der Waals surface area contributed by atoms with Gasteiger partial charge in [0, 0.05) is 17.6 Å². The van der Waals surface area contributed by atoms with Crippen molar-refractivity contribution >= 4 is 50.1 Å². The van der Waals surface area contributed by atoms with E-state index in [2.05, 4.69) is 36.0 Å². The average Bonchev–Trinajstić information content (AvgIpc) is 3.15. The molecule has 30 heavy (non-hydrogen) atoms. The highest BCUT2D eigenvalue weighted by atomic mass is 32.2. The highest BCUT2D eigenvalue weighted by Gasteiger charge is 2.14. The molecule has 7 N–H and O–H groups in total. The molecule has 2 aromatic carbocycles. The summed E-state index contributed by atoms with van der Waals surface area (Å²) in [6.07, 6.45) is 1.29. The van der Waals surface area contributed by atoms with Gasteiger partial charge in [0.15, 0.2) is 0 Å². The number of H-pyrrole nitrogens is 1. The van der Waals surface area contributed by atoms with E-state index in [0.717, 1.165) is 0 Å². The SMILES string of the molecule is NC(=O)c1cnc(Nc2ccc(S(N)(=O)=O)cc2)nc1Nc1ccc2nn[nH]c2c1. The van der Waals surface area contributed by atoms with Crippen LogP contribution in [0.3, 0.4) is 0 Å². The number of nitrogens with one attached hydrogen (secondary N) is 3. The van der Waals surface area contributed by atoms with E-state index < -0.39 is 15.9 Å². The number of hydrogen-bond acceptors (Lipinski definition) is 9. The molecule has 152 valence electrons. The molecule has 0 bridgehead atoms. The van der Waals surface area contributed by atoms with Crippen LogP contribution in [0.2, 0.25) is 0 Å². The zero-order valence-electron chi connectivity index (χ0n) is 15.2. The number of primary amides is 1. The zero-order valence-corrected chi connectivity index (χ0v) is 16.0. The molecule has 0 aliphatic carbocycles. The summed E-state index contributed by atoms with van der Waals surface area (Å²) in [7, 11) is -3.79. The van der Waals surface area contributed by atoms with Crippen molar-refractivity contribution in [1.82, 2.24) is 25.4 Å². The number of carbonyl (C=O) groups excluding carboxylic acids is 1. The number of fused-ring (bicyclic) bond motifs is 1. The first-order valence-corrected chi connectivity index (χ1v) is 9.99. The van der Waals surface area contributed by atoms with Crippen molar-refractivity contribution in [1.29, 1.82) is 0 Å². The Morgan fingerprint density at radius 3 is 2.47 bits per heavy atom. The van der Waals surface area contributed by atoms with Crippen LogP contribution in [0.5, 0.6) is 0 Å². The predicted molar refractivity (Wildman–Crippen MR) is 109 cm³/mol. The molecule has 0 aliphatic heterocycles. The summed E-state index contributed by atoms with van der Waals surface area (Å²) in [6, 6.07) is 11.0. The number of primary sulfonamides is 1. The molecule has 2 heterocycles. The lowest BCUT2D eigenvalue weighted by Crippen LogP contribution is -2.15. The number of anilines is 4. The van der Waals surface area contributed by atoms with Gasteiger partial charge in [-0.2, -0.15) is 4.98 Å². The fourth-order valence-corrected chi connectivity index (χ4v) is 3.15. The lowest BCUT2D eigenvalue weighted by Gasteiger charge is -2.11. The molecule has 0 unspecified atom stereocenters. The molecule has 0 radical (unpaired) electrons. The zero-order chi connectivity index (χ0) is 21.3. The molecule has 0 aliphatic rings. The fourth-order valence-electron chi connectivity index (χ4n) is 2.63. The number of carbonyl (C=O) groups is 1. The van der Waals surface area contributed by atoms with Crippen molar-refractivity contribution in [3.05, 3.63) is 54.2 Å². The van der Waals surface area contributed by atoms with Gasteiger partial charge in [0.1, 0.15) is 16.9 Å². The Morgan fingerprint density at radius 1 is 1.03 bits per heavy atom. The summed E-state index contributed by atoms with van der Waals surface area (Å²) < 4.78 is 22.7. The normalized spacial score (nSPS) is 11.4. The standard InChI is InChI=1S/C17H15N9O3S/c18-15(27)12-8-20-17(22-9-1-4-11(5-2-9)30(19,28)29)23-16(12)21-10-3-6-13-14(7-10)25-26-24-13/h1-8H,(H2,18,27)(H2,19,28,29)(H,24,25,26)(H2,20,21,22,23). The molecule has 0 atom stereocenters. The lowest BCUT2D eigenvalue weighted by molar-refractivity contribution is 0.100. The number of benzene rings is 2. The molecule has 1 amide bonds. The van der Waals surface area contributed by atoms with Crippen molar-refractivity contribution < 1.29 is 13.2 Å². The van der Waals surface area contributed by atoms with Crippen LogP contribution in [0.15, 0.2) is 53.6 Å². The molecule has 4 aromatic rings. The summed E-state index contributed by atoms with van der Waals surface area (Å²) in [5.74, 6) is -0.353. The number of rotatable bonds is 6. The van der Waals surface area contributed by atoms with E-state index in [4.69, 9.17) is 10.9 Å². The minimum Gasteiger partial charge on any atom is -0.365 e. The van der Waals surface area contributed by atoms with E-state index in [1.165, 1.54) is 30.5 Å². The first kappa shape index (κ1) is 19.2. The van der Waals surface area contributed by atoms with Gasteiger partial charge in [-0.05, 0) is 42.5 Å². The maximum atomic E-state index is 11.8. The molecule has 4 rings (SSSR count). The molecule has 0 spiro atoms. The van der Waals surface area contributed by atoms with Gasteiger partial charge in [0.05, 0.1) is 10.4 Å². The summed E-state index contributed by atoms with van der Waals surface area (Å²) in [4.78, 5) is 20.1. The van der Waals surface area contributed by atoms with Gasteiger partial charge < -0.3 is 16.4 Å². The second-order valence-electron chi connectivity index (χ2n) is 6.18. The summed E-state index contributed by atoms with van der Waals surface area (Å²) in [5, 5.41) is 21.4. The van der Waals surface area contributed by atoms with Crippen LogP contribution in [-0.2, 0) is 10.0 Å². The van der Waals surface area contributed by atoms with Gasteiger partial charge >= 0.3 is 0 Å². The number of amides is 1. The van der Waals surface area contributed by atoms with E-state index in [9.17, 15) is 13.2 Å². The maximum absolute atomic E-state index is 11.8. The number of aromatic nitrogens is 5. The highest BCUT2D eigenvalue weighted by Crippen LogP contribution is 2.23. The molecular weight excluding hydrogens is 410 g/mol. The third-order valence-corrected chi connectivity index (χ3v) is 5.01. The molecule has 2 aromatic heterocycles. The van der Waals surface area contributed by atoms with Gasteiger partial charge in [-0.1, -0.05) is 5.21 Å². The second kappa shape index (κ2) is 7.38. The number of nitrogens with two attached hydrogens (primary N) is 2. The maximum Gasteiger partial charge on any atom is 0.254 e. The Hall–Kier alpha value is -4.10. The number of hydrogen-bond donors (Lipinski definition) is 5. The quantitative estimate of drug-likeness (QED) is 0.299. The first-order valence-electron chi connectivity index (χ1n) is 8.44. The number of aromatic amines is 1. The molecule has 13 heteroatoms. The topological polar surface area (TPSA) is 195 Å². The highest BCUT2D eigenvalue weighted by molar-refractivity contribution is 7.89. The number of sulfonamides is 1. The van der Waals surface area contributed by atoms with Gasteiger partial charge in [-0.15, -0.1) is 5.10 Å². The van der Waals surface area contributed by atoms with Gasteiger partial charge in [0.25, 0.3) is 5.91 Å². The summed E-state index contributed by atoms with van der Waals surface area (Å²) in [5.41, 5.74) is 8.04. The second-order valence-corrected chi connectivity index (χ2v) is 7.74. The molecule has 0 saturated carbocycles. The van der Waals surface area contributed by atoms with Gasteiger partial charge in [-0.3, -0.25) is 9.89 Å². The summed E-state index contributed by atoms with van der Waals surface area (Å²) >= 11 is 0. The van der Waals surface area contributed by atoms with Crippen molar-refractivity contribution in [2.75, 3.05) is 10.6 Å². The van der Waals surface area contributed by atoms with Crippen LogP contribution in [0, 0.1) is 0 Å². The largest absolute Gasteiger partial charge is 0.365 e. The van der Waals surface area contributed by atoms with Crippen molar-refractivity contribution in [3.63, 3.8) is 0 Å². The molecule has 0 saturated heterocycles. The van der Waals surface area contributed by atoms with E-state index in [1.54, 1.807) is 18.2 Å². The van der Waals surface area contributed by atoms with Gasteiger partial charge in [0.2, 0.25) is 16.0 Å². The van der Waals surface area contributed by atoms with Crippen LogP contribution < -0.4 is 21.5 Å². The monoisotopic (exact) mass is 425 g/mol. The average molecular weight is 425 g/mol. The van der Waals surface area contributed by atoms with Crippen LogP contribution in [0.1, 0.15) is 10.4 Å². The van der Waals surface area contributed by atoms with E-state index >= 15 is 0 Å². The summed E-state index contributed by atoms with van der Waals surface area (Å²) in [6.45, 7) is 0. The minimum atomic E-state index is -3.79. The van der Waals surface area contributed by atoms with Crippen molar-refractivity contribution in [2.24, 2.45) is 10.9 Å². The molecular formula is C17H15N9O3S. The molecule has 0 fully saturated rings. The fraction of sp³-hybridized carbons (Fsp3) is 0. The Labute approximate surface area is 169 Å². The smallest absolute Gasteiger partial charge is 0.254 e. The van der Waals surface area contributed by atoms with Crippen molar-refractivity contribution in [3.8, 4) is 0 Å². The Bertz CT molecular complexity index is 1350. The van der Waals surface area contributed by atoms with E-state index in [0.29, 0.717) is 22.4 Å². The van der Waals surface area contributed by atoms with Crippen LogP contribution >= 0.6 is 0 Å². The van der Waals surface area contributed by atoms with E-state index in [-0.39, 0.29) is 22.2 Å². The van der Waals surface area contributed by atoms with Crippen LogP contribution in [-0.4, -0.2) is 39.7 Å². The predicted octanol–water partition coefficient (Wildman–Crippen LogP) is 0.981. The molecule has 12 nitrogen and oxygen atoms in total. The van der Waals surface area contributed by atoms with Crippen LogP contribution in [0.25, 0.3) is 11.0 Å². The third-order valence-electron chi connectivity index (χ3n) is 4.08. The Balaban J connectivity index is 1.63. The Morgan fingerprint density at radius 2 is 1.77 bits per heavy atom. The Kier molecular flexibility index (Phi) is 4.73. The third kappa shape index (κ3) is 4.01. The van der Waals surface area contributed by atoms with E-state index in [1.807, 2.05) is 0 Å². The minimum absolute atomic E-state index is 0.0240. The van der Waals surface area contributed by atoms with Crippen molar-refractivity contribution in [2.45, 2.75) is 4.90 Å². The number of nitrogens with zero attached hydrogens (tertiary/aromatic N) is 4. The van der Waals surface area contributed by atoms with Crippen LogP contribution in [0.4, 0.5) is 23.1 Å². The first-order chi connectivity index (χ1) is 14.3. The van der Waals surface area contributed by atoms with Gasteiger partial charge in [-0.25, -0.2) is 18.5 Å². The lowest BCUT2D eigenvalue weighted by atomic mass is 10.2.